The van der Waals surface area contributed by atoms with Gasteiger partial charge in [0.25, 0.3) is 0 Å². The molecule has 25 heavy (non-hydrogen) atoms. The van der Waals surface area contributed by atoms with E-state index in [-0.39, 0.29) is 5.92 Å². The summed E-state index contributed by atoms with van der Waals surface area (Å²) in [6.45, 7) is 1.14. The largest absolute Gasteiger partial charge is 0.460 e. The van der Waals surface area contributed by atoms with E-state index >= 15 is 0 Å². The van der Waals surface area contributed by atoms with Crippen LogP contribution < -0.4 is 0 Å². The average Bonchev–Trinajstić information content (AvgIpc) is 2.33. The highest BCUT2D eigenvalue weighted by atomic mass is 19.4. The highest BCUT2D eigenvalue weighted by Gasteiger charge is 2.90. The molecule has 148 valence electrons. The number of alkyl halides is 13. The predicted octanol–water partition coefficient (Wildman–Crippen LogP) is 4.50. The molecule has 0 aromatic carbocycles. The van der Waals surface area contributed by atoms with Crippen LogP contribution in [0.15, 0.2) is 0 Å². The van der Waals surface area contributed by atoms with Crippen molar-refractivity contribution in [2.45, 2.75) is 55.2 Å². The van der Waals surface area contributed by atoms with Crippen molar-refractivity contribution < 1.29 is 62.2 Å². The minimum absolute atomic E-state index is 0.0152. The molecule has 0 bridgehead atoms. The normalized spacial score (nSPS) is 15.7. The van der Waals surface area contributed by atoms with E-state index in [1.165, 1.54) is 0 Å². The smallest absolute Gasteiger partial charge is 0.378 e. The summed E-state index contributed by atoms with van der Waals surface area (Å²) in [7, 11) is 0. The molecule has 0 saturated heterocycles. The van der Waals surface area contributed by atoms with Crippen LogP contribution in [0.5, 0.6) is 0 Å². The first-order valence-corrected chi connectivity index (χ1v) is 5.68. The van der Waals surface area contributed by atoms with E-state index in [0.717, 1.165) is 5.92 Å². The zero-order valence-electron chi connectivity index (χ0n) is 11.9. The summed E-state index contributed by atoms with van der Waals surface area (Å²) in [5.41, 5.74) is -2.53. The van der Waals surface area contributed by atoms with Crippen molar-refractivity contribution in [2.24, 2.45) is 0 Å². The summed E-state index contributed by atoms with van der Waals surface area (Å²) in [5, 5.41) is 8.89. The van der Waals surface area contributed by atoms with Gasteiger partial charge in [-0.25, -0.2) is 0 Å². The van der Waals surface area contributed by atoms with Gasteiger partial charge < -0.3 is 5.11 Å². The highest BCUT2D eigenvalue weighted by Crippen LogP contribution is 2.60. The fourth-order valence-corrected chi connectivity index (χ4v) is 1.08. The Morgan fingerprint density at radius 1 is 0.520 bits per heavy atom. The van der Waals surface area contributed by atoms with E-state index in [0.29, 0.717) is 13.8 Å². The van der Waals surface area contributed by atoms with Crippen molar-refractivity contribution in [3.05, 3.63) is 0 Å². The molecule has 1 N–H and O–H groups in total. The van der Waals surface area contributed by atoms with E-state index in [1.54, 1.807) is 0 Å². The number of aliphatic hydroxyl groups is 1. The third kappa shape index (κ3) is 3.75. The Hall–Kier alpha value is -1.39. The van der Waals surface area contributed by atoms with Crippen LogP contribution in [0.3, 0.4) is 0 Å². The fraction of sp³-hybridized carbons (Fsp3) is 0.818. The summed E-state index contributed by atoms with van der Waals surface area (Å²) in [4.78, 5) is 0. The zero-order valence-corrected chi connectivity index (χ0v) is 11.9. The second-order valence-electron chi connectivity index (χ2n) is 5.18. The van der Waals surface area contributed by atoms with Crippen molar-refractivity contribution >= 4 is 0 Å². The summed E-state index contributed by atoms with van der Waals surface area (Å²) in [6, 6.07) is 0. The lowest BCUT2D eigenvalue weighted by atomic mass is 9.94. The molecule has 0 spiro atoms. The average molecular weight is 402 g/mol. The molecule has 0 unspecified atom stereocenters. The molecule has 0 rings (SSSR count). The number of hydrogen-bond donors (Lipinski definition) is 1. The Labute approximate surface area is 130 Å². The van der Waals surface area contributed by atoms with Crippen LogP contribution in [-0.2, 0) is 0 Å². The van der Waals surface area contributed by atoms with Crippen molar-refractivity contribution in [1.29, 1.82) is 0 Å². The van der Waals surface area contributed by atoms with Gasteiger partial charge in [0.15, 0.2) is 0 Å². The Bertz CT molecular complexity index is 555. The lowest BCUT2D eigenvalue weighted by Crippen LogP contribution is -2.69. The summed E-state index contributed by atoms with van der Waals surface area (Å²) >= 11 is 0. The van der Waals surface area contributed by atoms with Crippen molar-refractivity contribution in [2.75, 3.05) is 0 Å². The minimum atomic E-state index is -7.96. The minimum Gasteiger partial charge on any atom is -0.378 e. The molecular weight excluding hydrogens is 395 g/mol. The van der Waals surface area contributed by atoms with Crippen LogP contribution in [0.2, 0.25) is 0 Å². The molecule has 0 aromatic rings. The Balaban J connectivity index is 6.34. The summed E-state index contributed by atoms with van der Waals surface area (Å²) in [5.74, 6) is -36.7. The summed E-state index contributed by atoms with van der Waals surface area (Å²) < 4.78 is 164. The van der Waals surface area contributed by atoms with Crippen LogP contribution in [-0.4, -0.2) is 46.5 Å². The SMILES string of the molecule is CC(C)(O)C#CC(F)(F)C(F)(F)C(F)(F)C(F)(F)C(F)(F)C(F)(F)F. The van der Waals surface area contributed by atoms with E-state index in [4.69, 9.17) is 5.11 Å². The predicted molar refractivity (Wildman–Crippen MR) is 54.9 cm³/mol. The standard InChI is InChI=1S/C11H7F13O/c1-5(2,25)3-4-6(12,13)7(14,15)8(16,17)9(18,19)10(20,21)11(22,23)24/h25H,1-2H3. The molecule has 14 heteroatoms. The van der Waals surface area contributed by atoms with Gasteiger partial charge in [-0.3, -0.25) is 0 Å². The molecule has 0 atom stereocenters. The van der Waals surface area contributed by atoms with Gasteiger partial charge in [-0.2, -0.15) is 57.1 Å². The molecule has 1 nitrogen and oxygen atoms in total. The maximum Gasteiger partial charge on any atom is 0.460 e. The van der Waals surface area contributed by atoms with Crippen molar-refractivity contribution in [3.8, 4) is 11.8 Å². The highest BCUT2D eigenvalue weighted by molar-refractivity contribution is 5.23. The third-order valence-corrected chi connectivity index (χ3v) is 2.46. The zero-order chi connectivity index (χ0) is 20.9. The van der Waals surface area contributed by atoms with Gasteiger partial charge >= 0.3 is 35.8 Å². The van der Waals surface area contributed by atoms with Gasteiger partial charge in [0.2, 0.25) is 0 Å². The summed E-state index contributed by atoms with van der Waals surface area (Å²) in [6.07, 6.45) is -7.45. The Kier molecular flexibility index (Phi) is 5.49. The van der Waals surface area contributed by atoms with E-state index in [9.17, 15) is 57.1 Å². The molecule has 0 heterocycles. The third-order valence-electron chi connectivity index (χ3n) is 2.46. The van der Waals surface area contributed by atoms with E-state index < -0.39 is 41.4 Å². The van der Waals surface area contributed by atoms with Crippen molar-refractivity contribution in [3.63, 3.8) is 0 Å². The topological polar surface area (TPSA) is 20.2 Å². The maximum absolute atomic E-state index is 13.1. The molecule has 0 fully saturated rings. The number of hydrogen-bond acceptors (Lipinski definition) is 1. The first kappa shape index (κ1) is 23.6. The quantitative estimate of drug-likeness (QED) is 0.543. The fourth-order valence-electron chi connectivity index (χ4n) is 1.08. The van der Waals surface area contributed by atoms with E-state index in [2.05, 4.69) is 0 Å². The second kappa shape index (κ2) is 5.82. The maximum atomic E-state index is 13.1. The van der Waals surface area contributed by atoms with E-state index in [1.807, 2.05) is 0 Å². The first-order valence-electron chi connectivity index (χ1n) is 5.68. The van der Waals surface area contributed by atoms with Gasteiger partial charge in [0.05, 0.1) is 0 Å². The molecule has 0 aliphatic heterocycles. The Morgan fingerprint density at radius 3 is 1.12 bits per heavy atom. The lowest BCUT2D eigenvalue weighted by molar-refractivity contribution is -0.435. The van der Waals surface area contributed by atoms with Gasteiger partial charge in [0, 0.05) is 0 Å². The molecule has 0 aromatic heterocycles. The number of rotatable bonds is 4. The van der Waals surface area contributed by atoms with Crippen LogP contribution in [0.25, 0.3) is 0 Å². The molecule has 0 aliphatic rings. The van der Waals surface area contributed by atoms with Crippen LogP contribution in [0, 0.1) is 11.8 Å². The Morgan fingerprint density at radius 2 is 0.840 bits per heavy atom. The first-order chi connectivity index (χ1) is 10.5. The van der Waals surface area contributed by atoms with Gasteiger partial charge in [-0.05, 0) is 19.8 Å². The second-order valence-corrected chi connectivity index (χ2v) is 5.18. The number of halogens is 13. The molecular formula is C11H7F13O. The van der Waals surface area contributed by atoms with Gasteiger partial charge in [-0.15, -0.1) is 0 Å². The van der Waals surface area contributed by atoms with Crippen LogP contribution >= 0.6 is 0 Å². The molecule has 0 aliphatic carbocycles. The van der Waals surface area contributed by atoms with Gasteiger partial charge in [-0.1, -0.05) is 5.92 Å². The molecule has 0 saturated carbocycles. The lowest BCUT2D eigenvalue weighted by Gasteiger charge is -2.38. The van der Waals surface area contributed by atoms with Crippen LogP contribution in [0.1, 0.15) is 13.8 Å². The molecule has 0 radical (unpaired) electrons. The monoisotopic (exact) mass is 402 g/mol. The molecule has 0 amide bonds. The van der Waals surface area contributed by atoms with Crippen LogP contribution in [0.4, 0.5) is 57.1 Å². The van der Waals surface area contributed by atoms with Gasteiger partial charge in [0.1, 0.15) is 5.60 Å². The van der Waals surface area contributed by atoms with Crippen molar-refractivity contribution in [1.82, 2.24) is 0 Å².